The van der Waals surface area contributed by atoms with Crippen LogP contribution in [0.3, 0.4) is 0 Å². The normalized spacial score (nSPS) is 18.9. The van der Waals surface area contributed by atoms with Crippen molar-refractivity contribution < 1.29 is 24.2 Å². The summed E-state index contributed by atoms with van der Waals surface area (Å²) >= 11 is 1.36. The highest BCUT2D eigenvalue weighted by Crippen LogP contribution is 2.45. The second kappa shape index (κ2) is 11.0. The number of thiazole rings is 1. The Kier molecular flexibility index (Phi) is 6.94. The first-order valence-electron chi connectivity index (χ1n) is 14.5. The summed E-state index contributed by atoms with van der Waals surface area (Å²) in [6.07, 6.45) is 0.727. The number of aliphatic hydroxyl groups excluding tert-OH is 1. The molecule has 1 N–H and O–H groups in total. The number of hydrogen-bond donors (Lipinski definition) is 1. The van der Waals surface area contributed by atoms with Gasteiger partial charge in [-0.25, -0.2) is 4.98 Å². The van der Waals surface area contributed by atoms with E-state index in [1.54, 1.807) is 12.1 Å². The Bertz CT molecular complexity index is 1960. The van der Waals surface area contributed by atoms with Crippen molar-refractivity contribution in [1.29, 1.82) is 0 Å². The minimum atomic E-state index is -0.886. The van der Waals surface area contributed by atoms with Gasteiger partial charge in [0.15, 0.2) is 5.13 Å². The molecule has 44 heavy (non-hydrogen) atoms. The number of ether oxygens (including phenoxy) is 2. The van der Waals surface area contributed by atoms with E-state index in [1.807, 2.05) is 93.6 Å². The first-order valence-corrected chi connectivity index (χ1v) is 15.3. The van der Waals surface area contributed by atoms with Gasteiger partial charge in [-0.2, -0.15) is 0 Å². The topological polar surface area (TPSA) is 89.0 Å². The molecule has 2 atom stereocenters. The molecule has 0 saturated carbocycles. The highest BCUT2D eigenvalue weighted by molar-refractivity contribution is 7.22. The minimum Gasteiger partial charge on any atom is -0.507 e. The van der Waals surface area contributed by atoms with Crippen LogP contribution in [0.4, 0.5) is 5.13 Å². The number of aromatic nitrogens is 1. The zero-order valence-electron chi connectivity index (χ0n) is 24.5. The fourth-order valence-corrected chi connectivity index (χ4v) is 7.19. The summed E-state index contributed by atoms with van der Waals surface area (Å²) in [4.78, 5) is 33.8. The lowest BCUT2D eigenvalue weighted by Crippen LogP contribution is -2.29. The molecule has 0 aliphatic carbocycles. The van der Waals surface area contributed by atoms with E-state index < -0.39 is 17.7 Å². The van der Waals surface area contributed by atoms with Crippen LogP contribution in [-0.2, 0) is 22.6 Å². The number of carbonyl (C=O) groups excluding carboxylic acids is 2. The molecule has 7 nitrogen and oxygen atoms in total. The quantitative estimate of drug-likeness (QED) is 0.123. The Morgan fingerprint density at radius 3 is 2.57 bits per heavy atom. The molecular weight excluding hydrogens is 572 g/mol. The second-order valence-corrected chi connectivity index (χ2v) is 12.4. The van der Waals surface area contributed by atoms with E-state index in [2.05, 4.69) is 0 Å². The Labute approximate surface area is 259 Å². The molecule has 1 amide bonds. The van der Waals surface area contributed by atoms with E-state index in [0.717, 1.165) is 38.2 Å². The minimum absolute atomic E-state index is 0.0204. The van der Waals surface area contributed by atoms with Gasteiger partial charge in [0, 0.05) is 12.0 Å². The van der Waals surface area contributed by atoms with Gasteiger partial charge >= 0.3 is 5.91 Å². The van der Waals surface area contributed by atoms with Gasteiger partial charge in [0.2, 0.25) is 0 Å². The Morgan fingerprint density at radius 1 is 1.02 bits per heavy atom. The van der Waals surface area contributed by atoms with E-state index in [4.69, 9.17) is 14.5 Å². The van der Waals surface area contributed by atoms with E-state index in [1.165, 1.54) is 16.2 Å². The maximum absolute atomic E-state index is 13.8. The number of carbonyl (C=O) groups is 2. The monoisotopic (exact) mass is 602 g/mol. The number of hydrogen-bond acceptors (Lipinski definition) is 7. The first kappa shape index (κ1) is 27.9. The van der Waals surface area contributed by atoms with Crippen molar-refractivity contribution >= 4 is 44.1 Å². The summed E-state index contributed by atoms with van der Waals surface area (Å²) in [6.45, 7) is 6.39. The average Bonchev–Trinajstić information content (AvgIpc) is 3.69. The summed E-state index contributed by atoms with van der Waals surface area (Å²) in [5.41, 5.74) is 5.99. The van der Waals surface area contributed by atoms with Gasteiger partial charge in [-0.3, -0.25) is 14.5 Å². The molecule has 4 aromatic carbocycles. The zero-order chi connectivity index (χ0) is 30.5. The number of nitrogens with zero attached hydrogens (tertiary/aromatic N) is 2. The Morgan fingerprint density at radius 2 is 1.80 bits per heavy atom. The third-order valence-corrected chi connectivity index (χ3v) is 9.08. The van der Waals surface area contributed by atoms with Crippen LogP contribution in [0.5, 0.6) is 11.5 Å². The maximum atomic E-state index is 13.8. The van der Waals surface area contributed by atoms with Crippen molar-refractivity contribution in [3.8, 4) is 11.5 Å². The van der Waals surface area contributed by atoms with Crippen molar-refractivity contribution in [2.24, 2.45) is 0 Å². The van der Waals surface area contributed by atoms with E-state index in [0.29, 0.717) is 35.0 Å². The molecule has 5 aromatic rings. The molecule has 2 aliphatic rings. The Balaban J connectivity index is 1.32. The molecule has 0 bridgehead atoms. The number of fused-ring (bicyclic) bond motifs is 2. The third kappa shape index (κ3) is 4.91. The molecule has 220 valence electrons. The van der Waals surface area contributed by atoms with Crippen molar-refractivity contribution in [2.75, 3.05) is 4.90 Å². The lowest BCUT2D eigenvalue weighted by Gasteiger charge is -2.23. The number of benzene rings is 4. The first-order chi connectivity index (χ1) is 21.3. The van der Waals surface area contributed by atoms with Crippen LogP contribution in [-0.4, -0.2) is 27.9 Å². The van der Waals surface area contributed by atoms with Gasteiger partial charge in [-0.1, -0.05) is 59.9 Å². The van der Waals surface area contributed by atoms with Gasteiger partial charge in [-0.05, 0) is 85.0 Å². The molecule has 7 rings (SSSR count). The molecule has 0 radical (unpaired) electrons. The van der Waals surface area contributed by atoms with Crippen LogP contribution < -0.4 is 14.4 Å². The average molecular weight is 603 g/mol. The predicted molar refractivity (Wildman–Crippen MR) is 171 cm³/mol. The van der Waals surface area contributed by atoms with Crippen molar-refractivity contribution in [1.82, 2.24) is 4.98 Å². The third-order valence-electron chi connectivity index (χ3n) is 8.08. The van der Waals surface area contributed by atoms with Crippen LogP contribution in [0.25, 0.3) is 16.0 Å². The van der Waals surface area contributed by atoms with Crippen LogP contribution in [0.15, 0.2) is 90.5 Å². The maximum Gasteiger partial charge on any atom is 0.301 e. The Hall–Kier alpha value is -4.95. The molecule has 1 saturated heterocycles. The second-order valence-electron chi connectivity index (χ2n) is 11.4. The van der Waals surface area contributed by atoms with E-state index in [9.17, 15) is 14.7 Å². The highest BCUT2D eigenvalue weighted by Gasteiger charge is 2.48. The van der Waals surface area contributed by atoms with Crippen LogP contribution in [0, 0.1) is 13.8 Å². The number of ketones is 1. The molecule has 1 aromatic heterocycles. The summed E-state index contributed by atoms with van der Waals surface area (Å²) in [6, 6.07) is 25.7. The van der Waals surface area contributed by atoms with Gasteiger partial charge in [0.25, 0.3) is 5.78 Å². The lowest BCUT2D eigenvalue weighted by atomic mass is 9.94. The summed E-state index contributed by atoms with van der Waals surface area (Å²) in [5.74, 6) is -0.303. The molecule has 2 aliphatic heterocycles. The van der Waals surface area contributed by atoms with Crippen LogP contribution in [0.2, 0.25) is 0 Å². The van der Waals surface area contributed by atoms with E-state index >= 15 is 0 Å². The molecule has 0 spiro atoms. The van der Waals surface area contributed by atoms with Gasteiger partial charge in [0.05, 0.1) is 21.8 Å². The number of anilines is 1. The zero-order valence-corrected chi connectivity index (χ0v) is 25.4. The molecule has 8 heteroatoms. The number of aliphatic hydroxyl groups is 1. The SMILES string of the molecule is Cc1cc(C)c2nc(N3C(=O)C(=O)C(=C(O)c4ccc5c(c4)C[C@@H](C)O5)[C@H]3c3ccc(OCc4ccccc4)cc3)sc2c1. The molecule has 3 heterocycles. The van der Waals surface area contributed by atoms with Crippen molar-refractivity contribution in [3.63, 3.8) is 0 Å². The summed E-state index contributed by atoms with van der Waals surface area (Å²) < 4.78 is 12.7. The summed E-state index contributed by atoms with van der Waals surface area (Å²) in [7, 11) is 0. The predicted octanol–water partition coefficient (Wildman–Crippen LogP) is 7.44. The van der Waals surface area contributed by atoms with Gasteiger partial charge in [0.1, 0.15) is 30.0 Å². The van der Waals surface area contributed by atoms with Crippen molar-refractivity contribution in [2.45, 2.75) is 45.9 Å². The number of aryl methyl sites for hydroxylation is 2. The number of amides is 1. The molecular formula is C36H30N2O5S. The fourth-order valence-electron chi connectivity index (χ4n) is 6.02. The van der Waals surface area contributed by atoms with Gasteiger partial charge < -0.3 is 14.6 Å². The van der Waals surface area contributed by atoms with Gasteiger partial charge in [-0.15, -0.1) is 0 Å². The molecule has 0 unspecified atom stereocenters. The number of Topliss-reactive ketones (excluding diaryl/α,β-unsaturated/α-hetero) is 1. The van der Waals surface area contributed by atoms with Crippen LogP contribution >= 0.6 is 11.3 Å². The van der Waals surface area contributed by atoms with Crippen LogP contribution in [0.1, 0.15) is 46.3 Å². The van der Waals surface area contributed by atoms with E-state index in [-0.39, 0.29) is 17.4 Å². The smallest absolute Gasteiger partial charge is 0.301 e. The molecule has 1 fully saturated rings. The fraction of sp³-hybridized carbons (Fsp3) is 0.194. The summed E-state index contributed by atoms with van der Waals surface area (Å²) in [5, 5.41) is 12.1. The standard InChI is InChI=1S/C36H30N2O5S/c1-20-15-21(2)31-29(16-20)44-36(37-31)38-32(24-9-12-27(13-10-24)42-19-23-7-5-4-6-8-23)30(34(40)35(38)41)33(39)25-11-14-28-26(18-25)17-22(3)43-28/h4-16,18,22,32,39H,17,19H2,1-3H3/t22-,32-/m1/s1. The highest BCUT2D eigenvalue weighted by atomic mass is 32.1. The van der Waals surface area contributed by atoms with Crippen molar-refractivity contribution in [3.05, 3.63) is 124 Å². The lowest BCUT2D eigenvalue weighted by molar-refractivity contribution is -0.132. The number of rotatable bonds is 6. The largest absolute Gasteiger partial charge is 0.507 e.